The number of aromatic nitrogens is 5. The average molecular weight is 449 g/mol. The van der Waals surface area contributed by atoms with Gasteiger partial charge in [-0.2, -0.15) is 9.61 Å². The number of anilines is 1. The number of carbonyl (C=O) groups excluding carboxylic acids is 1. The number of aliphatic hydroxyl groups excluding tert-OH is 1. The molecule has 2 saturated carbocycles. The molecular formula is C23H24FN7O2. The second-order valence-electron chi connectivity index (χ2n) is 8.85. The molecule has 4 heterocycles. The zero-order valence-corrected chi connectivity index (χ0v) is 18.1. The predicted octanol–water partition coefficient (Wildman–Crippen LogP) is 2.71. The molecule has 0 aliphatic heterocycles. The van der Waals surface area contributed by atoms with Crippen molar-refractivity contribution in [1.82, 2.24) is 29.5 Å². The summed E-state index contributed by atoms with van der Waals surface area (Å²) in [5, 5.41) is 21.0. The predicted molar refractivity (Wildman–Crippen MR) is 121 cm³/mol. The largest absolute Gasteiger partial charge is 0.393 e. The van der Waals surface area contributed by atoms with Crippen LogP contribution in [0.4, 0.5) is 10.2 Å². The zero-order valence-electron chi connectivity index (χ0n) is 18.1. The monoisotopic (exact) mass is 449 g/mol. The number of alkyl halides is 1. The van der Waals surface area contributed by atoms with E-state index < -0.39 is 12.2 Å². The maximum absolute atomic E-state index is 13.7. The fourth-order valence-electron chi connectivity index (χ4n) is 4.66. The molecule has 0 bridgehead atoms. The highest BCUT2D eigenvalue weighted by molar-refractivity contribution is 6.01. The number of hydrogen-bond donors (Lipinski definition) is 3. The Hall–Kier alpha value is -3.53. The number of rotatable bonds is 5. The summed E-state index contributed by atoms with van der Waals surface area (Å²) >= 11 is 0. The minimum Gasteiger partial charge on any atom is -0.393 e. The third kappa shape index (κ3) is 3.16. The van der Waals surface area contributed by atoms with Crippen molar-refractivity contribution in [2.75, 3.05) is 12.4 Å². The first kappa shape index (κ1) is 20.1. The van der Waals surface area contributed by atoms with E-state index in [-0.39, 0.29) is 18.1 Å². The van der Waals surface area contributed by atoms with Crippen LogP contribution in [-0.4, -0.2) is 60.5 Å². The molecule has 0 aromatic carbocycles. The van der Waals surface area contributed by atoms with Crippen LogP contribution in [-0.2, 0) is 0 Å². The third-order valence-corrected chi connectivity index (χ3v) is 6.83. The fraction of sp³-hybridized carbons (Fsp3) is 0.391. The summed E-state index contributed by atoms with van der Waals surface area (Å²) in [6.45, 7) is 0. The molecule has 6 rings (SSSR count). The minimum absolute atomic E-state index is 0.186. The van der Waals surface area contributed by atoms with Crippen molar-refractivity contribution in [3.05, 3.63) is 42.4 Å². The van der Waals surface area contributed by atoms with Gasteiger partial charge in [-0.05, 0) is 37.8 Å². The smallest absolute Gasteiger partial charge is 0.257 e. The van der Waals surface area contributed by atoms with Crippen LogP contribution in [0.2, 0.25) is 0 Å². The lowest BCUT2D eigenvalue weighted by atomic mass is 9.89. The summed E-state index contributed by atoms with van der Waals surface area (Å²) in [7, 11) is 1.78. The summed E-state index contributed by atoms with van der Waals surface area (Å²) in [6, 6.07) is 5.49. The van der Waals surface area contributed by atoms with E-state index in [1.165, 1.54) is 6.20 Å². The highest BCUT2D eigenvalue weighted by Crippen LogP contribution is 2.38. The van der Waals surface area contributed by atoms with Gasteiger partial charge >= 0.3 is 0 Å². The Kier molecular flexibility index (Phi) is 4.58. The van der Waals surface area contributed by atoms with Gasteiger partial charge in [0.15, 0.2) is 5.65 Å². The van der Waals surface area contributed by atoms with Crippen molar-refractivity contribution >= 4 is 28.4 Å². The highest BCUT2D eigenvalue weighted by Gasteiger charge is 2.33. The molecule has 1 unspecified atom stereocenters. The van der Waals surface area contributed by atoms with Gasteiger partial charge in [-0.15, -0.1) is 0 Å². The zero-order chi connectivity index (χ0) is 22.7. The first-order valence-electron chi connectivity index (χ1n) is 11.2. The summed E-state index contributed by atoms with van der Waals surface area (Å²) in [5.74, 6) is 0.293. The molecule has 4 aromatic heterocycles. The number of hydrogen-bond acceptors (Lipinski definition) is 6. The molecule has 9 nitrogen and oxygen atoms in total. The average Bonchev–Trinajstić information content (AvgIpc) is 3.40. The van der Waals surface area contributed by atoms with Gasteiger partial charge < -0.3 is 20.3 Å². The molecule has 2 aliphatic rings. The van der Waals surface area contributed by atoms with E-state index >= 15 is 0 Å². The summed E-state index contributed by atoms with van der Waals surface area (Å²) in [4.78, 5) is 22.2. The topological polar surface area (TPSA) is 109 Å². The molecule has 2 fully saturated rings. The van der Waals surface area contributed by atoms with Crippen LogP contribution in [0.1, 0.15) is 42.1 Å². The van der Waals surface area contributed by atoms with Crippen molar-refractivity contribution < 1.29 is 14.3 Å². The minimum atomic E-state index is -1.00. The Bertz CT molecular complexity index is 1370. The van der Waals surface area contributed by atoms with Crippen molar-refractivity contribution in [2.45, 2.75) is 50.0 Å². The number of amides is 1. The van der Waals surface area contributed by atoms with Gasteiger partial charge in [-0.1, -0.05) is 0 Å². The SMILES string of the molecule is CNc1cc(-c2cn([C@H]3C[C@@H](O)C3)c3ncccc23)nc2c(C(=O)NC3CC[C@@H]3F)cnn12. The van der Waals surface area contributed by atoms with Gasteiger partial charge in [-0.25, -0.2) is 14.4 Å². The highest BCUT2D eigenvalue weighted by atomic mass is 19.1. The number of fused-ring (bicyclic) bond motifs is 2. The van der Waals surface area contributed by atoms with Gasteiger partial charge in [0.2, 0.25) is 0 Å². The number of nitrogens with one attached hydrogen (secondary N) is 2. The molecule has 2 aliphatic carbocycles. The lowest BCUT2D eigenvalue weighted by Gasteiger charge is -2.32. The van der Waals surface area contributed by atoms with Crippen LogP contribution in [0, 0.1) is 0 Å². The maximum atomic E-state index is 13.7. The molecule has 0 radical (unpaired) electrons. The Labute approximate surface area is 188 Å². The lowest BCUT2D eigenvalue weighted by molar-refractivity contribution is 0.0501. The normalized spacial score (nSPS) is 24.5. The van der Waals surface area contributed by atoms with E-state index in [2.05, 4.69) is 25.3 Å². The standard InChI is InChI=1S/C23H24FN7O2/c1-25-20-9-19(16-11-30(12-7-13(32)8-12)21-14(16)3-2-6-26-21)28-22-15(10-27-31(20)22)23(33)29-18-5-4-17(18)24/h2-3,6,9-13,17-18,25,32H,4-5,7-8H2,1H3,(H,29,33)/t12-,13+,17-,18?/m0/s1. The Morgan fingerprint density at radius 3 is 2.82 bits per heavy atom. The second-order valence-corrected chi connectivity index (χ2v) is 8.85. The van der Waals surface area contributed by atoms with Gasteiger partial charge in [0.25, 0.3) is 5.91 Å². The van der Waals surface area contributed by atoms with Crippen LogP contribution in [0.25, 0.3) is 27.9 Å². The first-order chi connectivity index (χ1) is 16.0. The van der Waals surface area contributed by atoms with Crippen LogP contribution in [0.15, 0.2) is 36.8 Å². The molecule has 2 atom stereocenters. The Morgan fingerprint density at radius 1 is 1.27 bits per heavy atom. The Morgan fingerprint density at radius 2 is 2.12 bits per heavy atom. The van der Waals surface area contributed by atoms with E-state index in [0.29, 0.717) is 48.4 Å². The number of halogens is 1. The molecule has 4 aromatic rings. The molecule has 0 saturated heterocycles. The second kappa shape index (κ2) is 7.51. The number of nitrogens with zero attached hydrogens (tertiary/aromatic N) is 5. The van der Waals surface area contributed by atoms with E-state index in [1.54, 1.807) is 17.8 Å². The van der Waals surface area contributed by atoms with Gasteiger partial charge in [0.05, 0.1) is 24.0 Å². The molecule has 33 heavy (non-hydrogen) atoms. The van der Waals surface area contributed by atoms with Gasteiger partial charge in [0, 0.05) is 42.5 Å². The van der Waals surface area contributed by atoms with Crippen LogP contribution in [0.5, 0.6) is 0 Å². The van der Waals surface area contributed by atoms with E-state index in [0.717, 1.165) is 16.6 Å². The van der Waals surface area contributed by atoms with Crippen molar-refractivity contribution in [1.29, 1.82) is 0 Å². The molecular weight excluding hydrogens is 425 g/mol. The van der Waals surface area contributed by atoms with Crippen LogP contribution >= 0.6 is 0 Å². The quantitative estimate of drug-likeness (QED) is 0.432. The van der Waals surface area contributed by atoms with Crippen molar-refractivity contribution in [2.24, 2.45) is 0 Å². The summed E-state index contributed by atoms with van der Waals surface area (Å²) in [6.07, 6.45) is 6.45. The number of aliphatic hydroxyl groups is 1. The van der Waals surface area contributed by atoms with Gasteiger partial charge in [0.1, 0.15) is 23.2 Å². The summed E-state index contributed by atoms with van der Waals surface area (Å²) < 4.78 is 17.4. The van der Waals surface area contributed by atoms with E-state index in [9.17, 15) is 14.3 Å². The third-order valence-electron chi connectivity index (χ3n) is 6.83. The lowest BCUT2D eigenvalue weighted by Crippen LogP contribution is -2.48. The van der Waals surface area contributed by atoms with Crippen LogP contribution < -0.4 is 10.6 Å². The number of carbonyl (C=O) groups is 1. The maximum Gasteiger partial charge on any atom is 0.257 e. The molecule has 1 amide bonds. The fourth-order valence-corrected chi connectivity index (χ4v) is 4.66. The van der Waals surface area contributed by atoms with E-state index in [1.807, 2.05) is 24.4 Å². The Balaban J connectivity index is 1.46. The molecule has 0 spiro atoms. The summed E-state index contributed by atoms with van der Waals surface area (Å²) in [5.41, 5.74) is 3.09. The molecule has 10 heteroatoms. The van der Waals surface area contributed by atoms with Crippen molar-refractivity contribution in [3.63, 3.8) is 0 Å². The van der Waals surface area contributed by atoms with Crippen LogP contribution in [0.3, 0.4) is 0 Å². The first-order valence-corrected chi connectivity index (χ1v) is 11.2. The van der Waals surface area contributed by atoms with Gasteiger partial charge in [-0.3, -0.25) is 4.79 Å². The molecule has 170 valence electrons. The number of pyridine rings is 1. The van der Waals surface area contributed by atoms with E-state index in [4.69, 9.17) is 4.98 Å². The van der Waals surface area contributed by atoms with Crippen molar-refractivity contribution in [3.8, 4) is 11.3 Å². The molecule has 3 N–H and O–H groups in total.